The molecule has 0 saturated heterocycles. The Hall–Kier alpha value is -4.10. The SMILES string of the molecule is CC(C)(C)c1cc(-c2ccc3c(c2C(C)(C)C)c2c(-c4ccccc4)cccc2n3-c2cc(C(C)(C)C)cc(C(C)(C)C)c2)cc(C(C)(C)C)c1. The van der Waals surface area contributed by atoms with Gasteiger partial charge >= 0.3 is 0 Å². The van der Waals surface area contributed by atoms with E-state index in [1.165, 1.54) is 77.6 Å². The van der Waals surface area contributed by atoms with Gasteiger partial charge in [-0.2, -0.15) is 0 Å². The number of nitrogens with zero attached hydrogens (tertiary/aromatic N) is 1. The van der Waals surface area contributed by atoms with Gasteiger partial charge in [-0.1, -0.05) is 177 Å². The van der Waals surface area contributed by atoms with Gasteiger partial charge in [0.25, 0.3) is 0 Å². The molecule has 0 amide bonds. The van der Waals surface area contributed by atoms with E-state index in [-0.39, 0.29) is 27.1 Å². The number of fused-ring (bicyclic) bond motifs is 3. The lowest BCUT2D eigenvalue weighted by Gasteiger charge is -2.29. The van der Waals surface area contributed by atoms with Gasteiger partial charge in [-0.05, 0) is 101 Å². The van der Waals surface area contributed by atoms with E-state index in [0.29, 0.717) is 0 Å². The third-order valence-electron chi connectivity index (χ3n) is 10.7. The summed E-state index contributed by atoms with van der Waals surface area (Å²) in [5.41, 5.74) is 15.7. The van der Waals surface area contributed by atoms with Crippen LogP contribution in [0.2, 0.25) is 0 Å². The molecule has 0 bridgehead atoms. The second kappa shape index (κ2) is 12.3. The van der Waals surface area contributed by atoms with Crippen LogP contribution in [0, 0.1) is 0 Å². The number of rotatable bonds is 3. The van der Waals surface area contributed by atoms with Crippen LogP contribution in [0.3, 0.4) is 0 Å². The highest BCUT2D eigenvalue weighted by molar-refractivity contribution is 6.18. The second-order valence-electron chi connectivity index (χ2n) is 20.1. The standard InChI is InChI=1S/C50H61N/c1-46(2,3)34-26-33(27-35(28-34)47(4,5)6)40-24-25-42-44(45(40)50(13,14)15)43-39(32-20-17-16-18-21-32)22-19-23-41(43)51(42)38-30-36(48(7,8)9)29-37(31-38)49(10,11)12/h16-31H,1-15H3. The monoisotopic (exact) mass is 675 g/mol. The quantitative estimate of drug-likeness (QED) is 0.176. The Morgan fingerprint density at radius 1 is 0.353 bits per heavy atom. The van der Waals surface area contributed by atoms with Crippen molar-refractivity contribution in [1.82, 2.24) is 4.57 Å². The maximum absolute atomic E-state index is 2.56. The van der Waals surface area contributed by atoms with Crippen molar-refractivity contribution in [2.75, 3.05) is 0 Å². The summed E-state index contributed by atoms with van der Waals surface area (Å²) in [7, 11) is 0. The molecular weight excluding hydrogens is 615 g/mol. The average Bonchev–Trinajstić information content (AvgIpc) is 3.36. The molecule has 1 aromatic heterocycles. The van der Waals surface area contributed by atoms with Crippen molar-refractivity contribution in [2.24, 2.45) is 0 Å². The Kier molecular flexibility index (Phi) is 8.81. The number of hydrogen-bond acceptors (Lipinski definition) is 0. The van der Waals surface area contributed by atoms with Crippen molar-refractivity contribution < 1.29 is 0 Å². The minimum atomic E-state index is -0.138. The van der Waals surface area contributed by atoms with E-state index in [1.807, 2.05) is 0 Å². The number of hydrogen-bond donors (Lipinski definition) is 0. The van der Waals surface area contributed by atoms with Gasteiger partial charge in [0, 0.05) is 16.5 Å². The van der Waals surface area contributed by atoms with Crippen molar-refractivity contribution in [3.8, 4) is 27.9 Å². The predicted molar refractivity (Wildman–Crippen MR) is 225 cm³/mol. The molecule has 0 saturated carbocycles. The molecule has 51 heavy (non-hydrogen) atoms. The van der Waals surface area contributed by atoms with Crippen LogP contribution in [0.1, 0.15) is 132 Å². The van der Waals surface area contributed by atoms with Gasteiger partial charge in [0.2, 0.25) is 0 Å². The molecule has 5 aromatic carbocycles. The summed E-state index contributed by atoms with van der Waals surface area (Å²) in [6.07, 6.45) is 0. The molecule has 1 nitrogen and oxygen atoms in total. The Balaban J connectivity index is 1.85. The maximum Gasteiger partial charge on any atom is 0.0547 e. The second-order valence-corrected chi connectivity index (χ2v) is 20.1. The van der Waals surface area contributed by atoms with Crippen molar-refractivity contribution in [2.45, 2.75) is 131 Å². The molecule has 0 radical (unpaired) electrons. The molecule has 0 aliphatic carbocycles. The van der Waals surface area contributed by atoms with Crippen LogP contribution < -0.4 is 0 Å². The largest absolute Gasteiger partial charge is 0.309 e. The summed E-state index contributed by atoms with van der Waals surface area (Å²) in [6, 6.07) is 37.4. The molecule has 6 aromatic rings. The van der Waals surface area contributed by atoms with Crippen LogP contribution in [0.5, 0.6) is 0 Å². The molecule has 0 spiro atoms. The lowest BCUT2D eigenvalue weighted by atomic mass is 9.75. The summed E-state index contributed by atoms with van der Waals surface area (Å²) in [5.74, 6) is 0. The summed E-state index contributed by atoms with van der Waals surface area (Å²) >= 11 is 0. The van der Waals surface area contributed by atoms with E-state index in [4.69, 9.17) is 0 Å². The molecule has 0 aliphatic rings. The first-order valence-electron chi connectivity index (χ1n) is 19.0. The molecule has 266 valence electrons. The van der Waals surface area contributed by atoms with Gasteiger partial charge in [0.15, 0.2) is 0 Å². The van der Waals surface area contributed by atoms with Crippen LogP contribution in [-0.4, -0.2) is 4.57 Å². The van der Waals surface area contributed by atoms with Crippen LogP contribution in [0.15, 0.2) is 97.1 Å². The van der Waals surface area contributed by atoms with Gasteiger partial charge in [-0.3, -0.25) is 0 Å². The van der Waals surface area contributed by atoms with E-state index in [1.54, 1.807) is 0 Å². The molecule has 6 rings (SSSR count). The first kappa shape index (κ1) is 36.7. The van der Waals surface area contributed by atoms with Gasteiger partial charge in [-0.15, -0.1) is 0 Å². The highest BCUT2D eigenvalue weighted by Gasteiger charge is 2.30. The van der Waals surface area contributed by atoms with Gasteiger partial charge in [0.1, 0.15) is 0 Å². The average molecular weight is 676 g/mol. The predicted octanol–water partition coefficient (Wildman–Crippen LogP) is 14.6. The fourth-order valence-electron chi connectivity index (χ4n) is 7.56. The van der Waals surface area contributed by atoms with Gasteiger partial charge in [-0.25, -0.2) is 0 Å². The first-order chi connectivity index (χ1) is 23.5. The third-order valence-corrected chi connectivity index (χ3v) is 10.7. The summed E-state index contributed by atoms with van der Waals surface area (Å²) in [4.78, 5) is 0. The molecule has 1 heterocycles. The Morgan fingerprint density at radius 2 is 0.824 bits per heavy atom. The van der Waals surface area contributed by atoms with E-state index in [0.717, 1.165) is 0 Å². The van der Waals surface area contributed by atoms with Crippen LogP contribution in [-0.2, 0) is 27.1 Å². The van der Waals surface area contributed by atoms with Gasteiger partial charge < -0.3 is 4.57 Å². The lowest BCUT2D eigenvalue weighted by Crippen LogP contribution is -2.18. The summed E-state index contributed by atoms with van der Waals surface area (Å²) in [6.45, 7) is 35.2. The molecule has 0 unspecified atom stereocenters. The van der Waals surface area contributed by atoms with Gasteiger partial charge in [0.05, 0.1) is 11.0 Å². The number of benzene rings is 5. The van der Waals surface area contributed by atoms with E-state index in [2.05, 4.69) is 205 Å². The van der Waals surface area contributed by atoms with Crippen LogP contribution >= 0.6 is 0 Å². The van der Waals surface area contributed by atoms with Crippen molar-refractivity contribution >= 4 is 21.8 Å². The van der Waals surface area contributed by atoms with E-state index < -0.39 is 0 Å². The fraction of sp³-hybridized carbons (Fsp3) is 0.400. The zero-order chi connectivity index (χ0) is 37.5. The molecular formula is C50H61N. The Morgan fingerprint density at radius 3 is 1.29 bits per heavy atom. The Labute approximate surface area is 309 Å². The zero-order valence-corrected chi connectivity index (χ0v) is 34.2. The smallest absolute Gasteiger partial charge is 0.0547 e. The van der Waals surface area contributed by atoms with Crippen molar-refractivity contribution in [3.05, 3.63) is 125 Å². The Bertz CT molecular complexity index is 2170. The highest BCUT2D eigenvalue weighted by Crippen LogP contribution is 2.48. The molecule has 0 fully saturated rings. The minimum absolute atomic E-state index is 0.0105. The number of aromatic nitrogens is 1. The lowest BCUT2D eigenvalue weighted by molar-refractivity contribution is 0.567. The summed E-state index contributed by atoms with van der Waals surface area (Å²) < 4.78 is 2.56. The van der Waals surface area contributed by atoms with E-state index in [9.17, 15) is 0 Å². The molecule has 1 heteroatoms. The summed E-state index contributed by atoms with van der Waals surface area (Å²) in [5, 5.41) is 2.68. The first-order valence-corrected chi connectivity index (χ1v) is 19.0. The minimum Gasteiger partial charge on any atom is -0.309 e. The van der Waals surface area contributed by atoms with E-state index >= 15 is 0 Å². The fourth-order valence-corrected chi connectivity index (χ4v) is 7.56. The molecule has 0 atom stereocenters. The molecule has 0 aliphatic heterocycles. The van der Waals surface area contributed by atoms with Crippen molar-refractivity contribution in [1.29, 1.82) is 0 Å². The van der Waals surface area contributed by atoms with Crippen LogP contribution in [0.25, 0.3) is 49.7 Å². The zero-order valence-electron chi connectivity index (χ0n) is 34.2. The topological polar surface area (TPSA) is 4.93 Å². The maximum atomic E-state index is 2.56. The third kappa shape index (κ3) is 6.94. The highest BCUT2D eigenvalue weighted by atomic mass is 15.0. The van der Waals surface area contributed by atoms with Crippen LogP contribution in [0.4, 0.5) is 0 Å². The molecule has 0 N–H and O–H groups in total. The van der Waals surface area contributed by atoms with Crippen molar-refractivity contribution in [3.63, 3.8) is 0 Å². The normalized spacial score (nSPS) is 13.4.